The molecular formula is C12H11ClN2O2. The minimum atomic E-state index is -0.372. The van der Waals surface area contributed by atoms with Gasteiger partial charge in [-0.2, -0.15) is 0 Å². The molecule has 0 fully saturated rings. The van der Waals surface area contributed by atoms with Gasteiger partial charge in [0.05, 0.1) is 6.20 Å². The van der Waals surface area contributed by atoms with Crippen LogP contribution in [0.5, 0.6) is 0 Å². The molecule has 0 atom stereocenters. The molecule has 0 radical (unpaired) electrons. The first-order valence-corrected chi connectivity index (χ1v) is 5.44. The Morgan fingerprint density at radius 3 is 2.76 bits per heavy atom. The number of nitrogens with zero attached hydrogens (tertiary/aromatic N) is 1. The van der Waals surface area contributed by atoms with E-state index in [0.29, 0.717) is 16.5 Å². The predicted octanol–water partition coefficient (Wildman–Crippen LogP) is 3.20. The maximum atomic E-state index is 11.8. The highest BCUT2D eigenvalue weighted by Crippen LogP contribution is 2.20. The standard InChI is InChI=1S/C12H11ClN2O2/c1-7-5-9(13)3-4-10(7)15-11(16)12-14-6-8(2)17-12/h3-6H,1-2H3,(H,15,16). The average Bonchev–Trinajstić information content (AvgIpc) is 2.69. The van der Waals surface area contributed by atoms with Crippen LogP contribution < -0.4 is 5.32 Å². The zero-order valence-corrected chi connectivity index (χ0v) is 10.2. The summed E-state index contributed by atoms with van der Waals surface area (Å²) < 4.78 is 5.13. The average molecular weight is 251 g/mol. The predicted molar refractivity (Wildman–Crippen MR) is 65.4 cm³/mol. The van der Waals surface area contributed by atoms with E-state index in [1.807, 2.05) is 6.92 Å². The normalized spacial score (nSPS) is 10.3. The van der Waals surface area contributed by atoms with Gasteiger partial charge in [-0.3, -0.25) is 4.79 Å². The third-order valence-electron chi connectivity index (χ3n) is 2.25. The number of carbonyl (C=O) groups excluding carboxylic acids is 1. The van der Waals surface area contributed by atoms with Crippen molar-refractivity contribution in [3.05, 3.63) is 46.6 Å². The number of rotatable bonds is 2. The van der Waals surface area contributed by atoms with E-state index in [0.717, 1.165) is 5.56 Å². The van der Waals surface area contributed by atoms with Crippen LogP contribution in [-0.2, 0) is 0 Å². The number of aromatic nitrogens is 1. The summed E-state index contributed by atoms with van der Waals surface area (Å²) in [6.07, 6.45) is 1.50. The lowest BCUT2D eigenvalue weighted by molar-refractivity contribution is 0.0989. The molecule has 0 aliphatic rings. The van der Waals surface area contributed by atoms with Crippen molar-refractivity contribution in [1.82, 2.24) is 4.98 Å². The molecule has 4 nitrogen and oxygen atoms in total. The molecule has 1 amide bonds. The molecule has 2 rings (SSSR count). The summed E-state index contributed by atoms with van der Waals surface area (Å²) >= 11 is 5.83. The molecule has 0 bridgehead atoms. The number of amides is 1. The Labute approximate surface area is 104 Å². The quantitative estimate of drug-likeness (QED) is 0.891. The van der Waals surface area contributed by atoms with Crippen molar-refractivity contribution in [2.45, 2.75) is 13.8 Å². The van der Waals surface area contributed by atoms with Gasteiger partial charge in [0.2, 0.25) is 0 Å². The Morgan fingerprint density at radius 1 is 1.41 bits per heavy atom. The van der Waals surface area contributed by atoms with Gasteiger partial charge in [-0.15, -0.1) is 0 Å². The van der Waals surface area contributed by atoms with Crippen molar-refractivity contribution in [1.29, 1.82) is 0 Å². The lowest BCUT2D eigenvalue weighted by atomic mass is 10.2. The molecule has 1 aromatic heterocycles. The van der Waals surface area contributed by atoms with Crippen molar-refractivity contribution in [3.8, 4) is 0 Å². The fourth-order valence-corrected chi connectivity index (χ4v) is 1.63. The molecule has 1 aromatic carbocycles. The van der Waals surface area contributed by atoms with Crippen molar-refractivity contribution in [2.24, 2.45) is 0 Å². The molecule has 0 aliphatic carbocycles. The van der Waals surface area contributed by atoms with Crippen LogP contribution >= 0.6 is 11.6 Å². The maximum Gasteiger partial charge on any atom is 0.311 e. The summed E-state index contributed by atoms with van der Waals surface area (Å²) in [5, 5.41) is 3.35. The Hall–Kier alpha value is -1.81. The topological polar surface area (TPSA) is 55.1 Å². The Balaban J connectivity index is 2.18. The fourth-order valence-electron chi connectivity index (χ4n) is 1.40. The lowest BCUT2D eigenvalue weighted by Crippen LogP contribution is -2.12. The van der Waals surface area contributed by atoms with Crippen molar-refractivity contribution < 1.29 is 9.21 Å². The summed E-state index contributed by atoms with van der Waals surface area (Å²) in [5.74, 6) is 0.281. The number of nitrogens with one attached hydrogen (secondary N) is 1. The molecule has 0 unspecified atom stereocenters. The number of anilines is 1. The maximum absolute atomic E-state index is 11.8. The fraction of sp³-hybridized carbons (Fsp3) is 0.167. The van der Waals surface area contributed by atoms with Crippen LogP contribution in [0.2, 0.25) is 5.02 Å². The van der Waals surface area contributed by atoms with E-state index in [4.69, 9.17) is 16.0 Å². The van der Waals surface area contributed by atoms with Gasteiger partial charge in [-0.25, -0.2) is 4.98 Å². The van der Waals surface area contributed by atoms with Gasteiger partial charge in [0.1, 0.15) is 5.76 Å². The van der Waals surface area contributed by atoms with Crippen molar-refractivity contribution in [3.63, 3.8) is 0 Å². The molecule has 0 aliphatic heterocycles. The van der Waals surface area contributed by atoms with Crippen LogP contribution in [0.25, 0.3) is 0 Å². The third kappa shape index (κ3) is 2.65. The minimum absolute atomic E-state index is 0.0526. The lowest BCUT2D eigenvalue weighted by Gasteiger charge is -2.06. The highest BCUT2D eigenvalue weighted by atomic mass is 35.5. The van der Waals surface area contributed by atoms with Crippen LogP contribution in [0.15, 0.2) is 28.8 Å². The monoisotopic (exact) mass is 250 g/mol. The highest BCUT2D eigenvalue weighted by molar-refractivity contribution is 6.30. The summed E-state index contributed by atoms with van der Waals surface area (Å²) in [6.45, 7) is 3.60. The Morgan fingerprint density at radius 2 is 2.18 bits per heavy atom. The smallest absolute Gasteiger partial charge is 0.311 e. The van der Waals surface area contributed by atoms with E-state index in [9.17, 15) is 4.79 Å². The van der Waals surface area contributed by atoms with Gasteiger partial charge in [0.15, 0.2) is 0 Å². The SMILES string of the molecule is Cc1cnc(C(=O)Nc2ccc(Cl)cc2C)o1. The van der Waals surface area contributed by atoms with Crippen LogP contribution in [0.3, 0.4) is 0 Å². The Kier molecular flexibility index (Phi) is 3.15. The first kappa shape index (κ1) is 11.7. The van der Waals surface area contributed by atoms with E-state index in [1.54, 1.807) is 25.1 Å². The molecule has 88 valence electrons. The number of hydrogen-bond donors (Lipinski definition) is 1. The van der Waals surface area contributed by atoms with Crippen molar-refractivity contribution >= 4 is 23.2 Å². The van der Waals surface area contributed by atoms with Gasteiger partial charge < -0.3 is 9.73 Å². The molecule has 1 N–H and O–H groups in total. The summed E-state index contributed by atoms with van der Waals surface area (Å²) in [6, 6.07) is 5.23. The third-order valence-corrected chi connectivity index (χ3v) is 2.49. The van der Waals surface area contributed by atoms with Gasteiger partial charge in [-0.05, 0) is 37.6 Å². The first-order valence-electron chi connectivity index (χ1n) is 5.06. The van der Waals surface area contributed by atoms with Crippen molar-refractivity contribution in [2.75, 3.05) is 5.32 Å². The summed E-state index contributed by atoms with van der Waals surface area (Å²) in [4.78, 5) is 15.6. The van der Waals surface area contributed by atoms with Crippen LogP contribution in [0.4, 0.5) is 5.69 Å². The summed E-state index contributed by atoms with van der Waals surface area (Å²) in [7, 11) is 0. The van der Waals surface area contributed by atoms with Gasteiger partial charge >= 0.3 is 5.91 Å². The van der Waals surface area contributed by atoms with Gasteiger partial charge in [0.25, 0.3) is 5.89 Å². The molecule has 0 saturated heterocycles. The van der Waals surface area contributed by atoms with E-state index < -0.39 is 0 Å². The molecule has 0 spiro atoms. The molecular weight excluding hydrogens is 240 g/mol. The van der Waals surface area contributed by atoms with Gasteiger partial charge in [0, 0.05) is 10.7 Å². The summed E-state index contributed by atoms with van der Waals surface area (Å²) in [5.41, 5.74) is 1.57. The second-order valence-corrected chi connectivity index (χ2v) is 4.13. The molecule has 17 heavy (non-hydrogen) atoms. The number of halogens is 1. The van der Waals surface area contributed by atoms with E-state index in [-0.39, 0.29) is 11.8 Å². The number of hydrogen-bond acceptors (Lipinski definition) is 3. The molecule has 5 heteroatoms. The number of oxazole rings is 1. The zero-order valence-electron chi connectivity index (χ0n) is 9.45. The number of carbonyl (C=O) groups is 1. The molecule has 0 saturated carbocycles. The van der Waals surface area contributed by atoms with Crippen LogP contribution in [-0.4, -0.2) is 10.9 Å². The second-order valence-electron chi connectivity index (χ2n) is 3.69. The van der Waals surface area contributed by atoms with Crippen LogP contribution in [0.1, 0.15) is 22.0 Å². The van der Waals surface area contributed by atoms with E-state index in [2.05, 4.69) is 10.3 Å². The number of aryl methyl sites for hydroxylation is 2. The van der Waals surface area contributed by atoms with Crippen LogP contribution in [0, 0.1) is 13.8 Å². The minimum Gasteiger partial charge on any atom is -0.438 e. The molecule has 2 aromatic rings. The van der Waals surface area contributed by atoms with E-state index >= 15 is 0 Å². The number of benzene rings is 1. The Bertz CT molecular complexity index is 563. The second kappa shape index (κ2) is 4.59. The zero-order chi connectivity index (χ0) is 12.4. The van der Waals surface area contributed by atoms with E-state index in [1.165, 1.54) is 6.20 Å². The largest absolute Gasteiger partial charge is 0.438 e. The van der Waals surface area contributed by atoms with Gasteiger partial charge in [-0.1, -0.05) is 11.6 Å². The first-order chi connectivity index (χ1) is 8.06. The molecule has 1 heterocycles. The highest BCUT2D eigenvalue weighted by Gasteiger charge is 2.13.